The number of nitrogens with one attached hydrogen (secondary N) is 1. The Morgan fingerprint density at radius 2 is 1.78 bits per heavy atom. The van der Waals surface area contributed by atoms with Crippen molar-refractivity contribution in [3.8, 4) is 22.7 Å². The third-order valence-corrected chi connectivity index (χ3v) is 8.58. The van der Waals surface area contributed by atoms with Gasteiger partial charge in [0, 0.05) is 37.5 Å². The quantitative estimate of drug-likeness (QED) is 0.232. The Bertz CT molecular complexity index is 1770. The zero-order chi connectivity index (χ0) is 32.8. The van der Waals surface area contributed by atoms with Crippen LogP contribution < -0.4 is 20.7 Å². The number of nitrogen functional groups attached to an aromatic ring is 1. The van der Waals surface area contributed by atoms with E-state index < -0.39 is 41.8 Å². The number of ether oxygens (including phenoxy) is 1. The van der Waals surface area contributed by atoms with Crippen LogP contribution in [0, 0.1) is 24.0 Å². The van der Waals surface area contributed by atoms with E-state index in [4.69, 9.17) is 10.5 Å². The fraction of sp³-hybridized carbons (Fsp3) is 0.355. The molecule has 2 atom stereocenters. The highest BCUT2D eigenvalue weighted by Gasteiger charge is 2.46. The van der Waals surface area contributed by atoms with Gasteiger partial charge >= 0.3 is 12.1 Å². The summed E-state index contributed by atoms with van der Waals surface area (Å²) < 4.78 is 79.1. The topological polar surface area (TPSA) is 131 Å². The number of carbonyl (C=O) groups is 1. The van der Waals surface area contributed by atoms with Gasteiger partial charge in [-0.15, -0.1) is 0 Å². The molecule has 2 aliphatic heterocycles. The SMILES string of the molecule is Cc1ccn(-c2ccc(-c3ccc(F)c(F)c3)cc2[C@@H](Oc2cc(N3CCC4(CC3)CNC(C(=O)O)C4)nc(N)n2)C(F)(F)F)n1. The highest BCUT2D eigenvalue weighted by Crippen LogP contribution is 2.43. The number of halogens is 5. The van der Waals surface area contributed by atoms with Crippen molar-refractivity contribution in [2.24, 2.45) is 5.41 Å². The van der Waals surface area contributed by atoms with E-state index in [0.717, 1.165) is 12.1 Å². The average Bonchev–Trinajstić information content (AvgIpc) is 3.63. The van der Waals surface area contributed by atoms with Gasteiger partial charge in [-0.25, -0.2) is 13.5 Å². The number of hydrogen-bond acceptors (Lipinski definition) is 8. The number of rotatable bonds is 7. The molecule has 15 heteroatoms. The van der Waals surface area contributed by atoms with Crippen molar-refractivity contribution < 1.29 is 36.6 Å². The smallest absolute Gasteiger partial charge is 0.429 e. The lowest BCUT2D eigenvalue weighted by molar-refractivity contribution is -0.198. The number of piperidine rings is 1. The number of aliphatic carboxylic acids is 1. The number of benzene rings is 2. The molecular weight excluding hydrogens is 613 g/mol. The predicted molar refractivity (Wildman–Crippen MR) is 157 cm³/mol. The van der Waals surface area contributed by atoms with E-state index in [-0.39, 0.29) is 39.6 Å². The van der Waals surface area contributed by atoms with E-state index in [1.165, 1.54) is 41.2 Å². The van der Waals surface area contributed by atoms with Gasteiger partial charge in [0.25, 0.3) is 0 Å². The van der Waals surface area contributed by atoms with E-state index in [1.54, 1.807) is 13.0 Å². The zero-order valence-electron chi connectivity index (χ0n) is 24.6. The Labute approximate surface area is 260 Å². The number of nitrogens with zero attached hydrogens (tertiary/aromatic N) is 5. The molecule has 4 N–H and O–H groups in total. The first-order chi connectivity index (χ1) is 21.8. The van der Waals surface area contributed by atoms with Crippen LogP contribution in [-0.4, -0.2) is 62.7 Å². The lowest BCUT2D eigenvalue weighted by Crippen LogP contribution is -2.41. The predicted octanol–water partition coefficient (Wildman–Crippen LogP) is 5.21. The summed E-state index contributed by atoms with van der Waals surface area (Å²) in [5, 5.41) is 16.7. The minimum absolute atomic E-state index is 0.0511. The molecule has 1 spiro atoms. The average molecular weight is 644 g/mol. The second-order valence-electron chi connectivity index (χ2n) is 11.7. The second-order valence-corrected chi connectivity index (χ2v) is 11.7. The van der Waals surface area contributed by atoms with Crippen LogP contribution in [0.15, 0.2) is 54.7 Å². The van der Waals surface area contributed by atoms with Crippen LogP contribution in [0.1, 0.15) is 36.6 Å². The van der Waals surface area contributed by atoms with Crippen molar-refractivity contribution in [3.63, 3.8) is 0 Å². The van der Waals surface area contributed by atoms with Crippen LogP contribution in [0.25, 0.3) is 16.8 Å². The van der Waals surface area contributed by atoms with E-state index in [1.807, 2.05) is 4.90 Å². The molecule has 0 aliphatic carbocycles. The number of aromatic nitrogens is 4. The summed E-state index contributed by atoms with van der Waals surface area (Å²) >= 11 is 0. The number of carboxylic acids is 1. The highest BCUT2D eigenvalue weighted by molar-refractivity contribution is 5.74. The number of nitrogens with two attached hydrogens (primary N) is 1. The van der Waals surface area contributed by atoms with Gasteiger partial charge in [-0.2, -0.15) is 28.2 Å². The monoisotopic (exact) mass is 643 g/mol. The van der Waals surface area contributed by atoms with Gasteiger partial charge in [-0.1, -0.05) is 12.1 Å². The van der Waals surface area contributed by atoms with Crippen molar-refractivity contribution in [2.45, 2.75) is 44.5 Å². The number of carboxylic acid groups (broad SMARTS) is 1. The fourth-order valence-electron chi connectivity index (χ4n) is 6.14. The molecule has 4 heterocycles. The third-order valence-electron chi connectivity index (χ3n) is 8.58. The molecule has 0 radical (unpaired) electrons. The molecule has 2 aromatic heterocycles. The number of anilines is 2. The molecule has 0 bridgehead atoms. The molecule has 46 heavy (non-hydrogen) atoms. The van der Waals surface area contributed by atoms with E-state index in [2.05, 4.69) is 20.4 Å². The summed E-state index contributed by atoms with van der Waals surface area (Å²) in [7, 11) is 0. The lowest BCUT2D eigenvalue weighted by atomic mass is 9.76. The molecule has 0 saturated carbocycles. The Hall–Kier alpha value is -4.79. The van der Waals surface area contributed by atoms with Gasteiger partial charge in [0.15, 0.2) is 11.6 Å². The Balaban J connectivity index is 1.33. The van der Waals surface area contributed by atoms with E-state index in [9.17, 15) is 31.9 Å². The van der Waals surface area contributed by atoms with Gasteiger partial charge in [-0.3, -0.25) is 4.79 Å². The fourth-order valence-corrected chi connectivity index (χ4v) is 6.14. The molecule has 10 nitrogen and oxygen atoms in total. The first kappa shape index (κ1) is 31.2. The molecule has 2 saturated heterocycles. The normalized spacial score (nSPS) is 18.6. The summed E-state index contributed by atoms with van der Waals surface area (Å²) in [6, 6.07) is 9.45. The first-order valence-corrected chi connectivity index (χ1v) is 14.5. The third kappa shape index (κ3) is 6.32. The van der Waals surface area contributed by atoms with Crippen molar-refractivity contribution in [1.82, 2.24) is 25.1 Å². The molecule has 1 unspecified atom stereocenters. The van der Waals surface area contributed by atoms with Crippen molar-refractivity contribution in [1.29, 1.82) is 0 Å². The largest absolute Gasteiger partial charge is 0.480 e. The van der Waals surface area contributed by atoms with Crippen LogP contribution in [-0.2, 0) is 4.79 Å². The van der Waals surface area contributed by atoms with Crippen LogP contribution >= 0.6 is 0 Å². The van der Waals surface area contributed by atoms with Crippen LogP contribution in [0.3, 0.4) is 0 Å². The second kappa shape index (κ2) is 11.9. The van der Waals surface area contributed by atoms with Gasteiger partial charge in [0.05, 0.1) is 11.4 Å². The number of aryl methyl sites for hydroxylation is 1. The van der Waals surface area contributed by atoms with Gasteiger partial charge in [0.1, 0.15) is 11.9 Å². The Morgan fingerprint density at radius 3 is 2.41 bits per heavy atom. The summed E-state index contributed by atoms with van der Waals surface area (Å²) in [6.07, 6.45) is -4.23. The molecular formula is C31H30F5N7O3. The molecule has 4 aromatic rings. The lowest BCUT2D eigenvalue weighted by Gasteiger charge is -2.39. The van der Waals surface area contributed by atoms with Crippen molar-refractivity contribution >= 4 is 17.7 Å². The zero-order valence-corrected chi connectivity index (χ0v) is 24.6. The summed E-state index contributed by atoms with van der Waals surface area (Å²) in [5.41, 5.74) is 6.36. The number of alkyl halides is 3. The minimum atomic E-state index is -4.96. The van der Waals surface area contributed by atoms with E-state index in [0.29, 0.717) is 44.6 Å². The van der Waals surface area contributed by atoms with Crippen molar-refractivity contribution in [2.75, 3.05) is 30.3 Å². The Kier molecular flexibility index (Phi) is 8.04. The van der Waals surface area contributed by atoms with Gasteiger partial charge < -0.3 is 25.8 Å². The maximum Gasteiger partial charge on any atom is 0.429 e. The van der Waals surface area contributed by atoms with E-state index >= 15 is 0 Å². The van der Waals surface area contributed by atoms with Gasteiger partial charge in [-0.05, 0) is 73.1 Å². The molecule has 242 valence electrons. The van der Waals surface area contributed by atoms with Crippen LogP contribution in [0.4, 0.5) is 33.7 Å². The van der Waals surface area contributed by atoms with Gasteiger partial charge in [0.2, 0.25) is 17.9 Å². The standard InChI is InChI=1S/C31H30F5N7O3/c1-17-6-9-43(41-17)24-5-3-18(19-2-4-21(32)22(33)13-19)12-20(24)27(31(34,35)36)46-26-14-25(39-29(37)40-26)42-10-7-30(8-11-42)15-23(28(44)45)38-16-30/h2-6,9,12-14,23,27,38H,7-8,10-11,15-16H2,1H3,(H,44,45)(H2,37,39,40)/t23?,27-/m1/s1. The number of hydrogen-bond donors (Lipinski definition) is 3. The summed E-state index contributed by atoms with van der Waals surface area (Å²) in [5.74, 6) is -3.56. The Morgan fingerprint density at radius 1 is 1.07 bits per heavy atom. The molecule has 6 rings (SSSR count). The first-order valence-electron chi connectivity index (χ1n) is 14.5. The summed E-state index contributed by atoms with van der Waals surface area (Å²) in [6.45, 7) is 3.20. The summed E-state index contributed by atoms with van der Waals surface area (Å²) in [4.78, 5) is 21.5. The van der Waals surface area contributed by atoms with Crippen LogP contribution in [0.5, 0.6) is 5.88 Å². The molecule has 2 aromatic carbocycles. The maximum absolute atomic E-state index is 14.9. The minimum Gasteiger partial charge on any atom is -0.480 e. The molecule has 2 aliphatic rings. The molecule has 0 amide bonds. The maximum atomic E-state index is 14.9. The highest BCUT2D eigenvalue weighted by atomic mass is 19.4. The van der Waals surface area contributed by atoms with Crippen LogP contribution in [0.2, 0.25) is 0 Å². The van der Waals surface area contributed by atoms with Crippen molar-refractivity contribution in [3.05, 3.63) is 77.6 Å². The molecule has 2 fully saturated rings.